The molecule has 2 aromatic carbocycles. The van der Waals surface area contributed by atoms with Gasteiger partial charge in [-0.2, -0.15) is 4.98 Å². The molecule has 0 bridgehead atoms. The Hall–Kier alpha value is -2.98. The number of halogens is 1. The number of carbonyl (C=O) groups is 1. The molecule has 10 heteroatoms. The maximum atomic E-state index is 12.3. The molecule has 0 aliphatic rings. The molecular formula is C20H17BrN6O2S. The lowest BCUT2D eigenvalue weighted by atomic mass is 10.2. The molecule has 0 spiro atoms. The Balaban J connectivity index is 1.45. The summed E-state index contributed by atoms with van der Waals surface area (Å²) in [5.41, 5.74) is 1.59. The summed E-state index contributed by atoms with van der Waals surface area (Å²) in [6.45, 7) is 2.56. The fraction of sp³-hybridized carbons (Fsp3) is 0.150. The van der Waals surface area contributed by atoms with Crippen molar-refractivity contribution >= 4 is 39.3 Å². The summed E-state index contributed by atoms with van der Waals surface area (Å²) in [4.78, 5) is 16.7. The second kappa shape index (κ2) is 9.23. The summed E-state index contributed by atoms with van der Waals surface area (Å²) in [6, 6.07) is 17.0. The third-order valence-corrected chi connectivity index (χ3v) is 5.64. The van der Waals surface area contributed by atoms with Gasteiger partial charge < -0.3 is 9.84 Å². The predicted molar refractivity (Wildman–Crippen MR) is 118 cm³/mol. The maximum Gasteiger partial charge on any atom is 0.296 e. The normalized spacial score (nSPS) is 10.9. The Kier molecular flexibility index (Phi) is 6.24. The van der Waals surface area contributed by atoms with Crippen LogP contribution < -0.4 is 5.32 Å². The molecule has 4 aromatic rings. The van der Waals surface area contributed by atoms with Crippen LogP contribution in [0.3, 0.4) is 0 Å². The van der Waals surface area contributed by atoms with Gasteiger partial charge in [0.25, 0.3) is 5.89 Å². The number of hydrogen-bond donors (Lipinski definition) is 1. The van der Waals surface area contributed by atoms with E-state index in [4.69, 9.17) is 4.52 Å². The van der Waals surface area contributed by atoms with Crippen LogP contribution in [0.4, 0.5) is 5.69 Å². The van der Waals surface area contributed by atoms with Gasteiger partial charge in [-0.1, -0.05) is 63.2 Å². The van der Waals surface area contributed by atoms with E-state index in [0.29, 0.717) is 23.4 Å². The lowest BCUT2D eigenvalue weighted by Gasteiger charge is -2.06. The van der Waals surface area contributed by atoms with Crippen LogP contribution in [-0.2, 0) is 11.3 Å². The Morgan fingerprint density at radius 2 is 1.90 bits per heavy atom. The number of thioether (sulfide) groups is 1. The third kappa shape index (κ3) is 4.60. The van der Waals surface area contributed by atoms with Gasteiger partial charge in [-0.25, -0.2) is 0 Å². The highest BCUT2D eigenvalue weighted by Crippen LogP contribution is 2.25. The summed E-state index contributed by atoms with van der Waals surface area (Å²) in [7, 11) is 0. The smallest absolute Gasteiger partial charge is 0.296 e. The van der Waals surface area contributed by atoms with E-state index in [2.05, 4.69) is 41.6 Å². The van der Waals surface area contributed by atoms with Crippen LogP contribution in [0.25, 0.3) is 23.1 Å². The summed E-state index contributed by atoms with van der Waals surface area (Å²) in [5.74, 6) is 1.32. The number of nitrogens with one attached hydrogen (secondary N) is 1. The fourth-order valence-electron chi connectivity index (χ4n) is 2.72. The first-order valence-corrected chi connectivity index (χ1v) is 10.9. The Bertz CT molecular complexity index is 1140. The van der Waals surface area contributed by atoms with Gasteiger partial charge in [0.2, 0.25) is 17.6 Å². The largest absolute Gasteiger partial charge is 0.330 e. The molecule has 1 amide bonds. The molecule has 1 N–H and O–H groups in total. The molecular weight excluding hydrogens is 468 g/mol. The van der Waals surface area contributed by atoms with Gasteiger partial charge in [-0.15, -0.1) is 10.2 Å². The van der Waals surface area contributed by atoms with Gasteiger partial charge in [0, 0.05) is 22.3 Å². The van der Waals surface area contributed by atoms with Crippen molar-refractivity contribution in [3.8, 4) is 23.1 Å². The van der Waals surface area contributed by atoms with Crippen molar-refractivity contribution in [2.75, 3.05) is 11.1 Å². The monoisotopic (exact) mass is 484 g/mol. The van der Waals surface area contributed by atoms with E-state index in [1.54, 1.807) is 0 Å². The zero-order chi connectivity index (χ0) is 20.9. The van der Waals surface area contributed by atoms with Gasteiger partial charge in [-0.05, 0) is 31.2 Å². The predicted octanol–water partition coefficient (Wildman–Crippen LogP) is 4.51. The van der Waals surface area contributed by atoms with E-state index < -0.39 is 0 Å². The molecule has 2 heterocycles. The lowest BCUT2D eigenvalue weighted by molar-refractivity contribution is -0.113. The highest BCUT2D eigenvalue weighted by atomic mass is 79.9. The van der Waals surface area contributed by atoms with Crippen LogP contribution in [0.2, 0.25) is 0 Å². The molecule has 0 unspecified atom stereocenters. The molecule has 4 rings (SSSR count). The third-order valence-electron chi connectivity index (χ3n) is 4.14. The average Bonchev–Trinajstić information content (AvgIpc) is 3.41. The summed E-state index contributed by atoms with van der Waals surface area (Å²) >= 11 is 4.67. The first-order chi connectivity index (χ1) is 14.6. The first kappa shape index (κ1) is 20.3. The highest BCUT2D eigenvalue weighted by Gasteiger charge is 2.20. The Morgan fingerprint density at radius 1 is 1.13 bits per heavy atom. The summed E-state index contributed by atoms with van der Waals surface area (Å²) in [5, 5.41) is 15.9. The summed E-state index contributed by atoms with van der Waals surface area (Å²) < 4.78 is 8.20. The van der Waals surface area contributed by atoms with Crippen molar-refractivity contribution in [2.45, 2.75) is 18.6 Å². The van der Waals surface area contributed by atoms with Crippen LogP contribution in [-0.4, -0.2) is 36.6 Å². The minimum atomic E-state index is -0.126. The van der Waals surface area contributed by atoms with Crippen LogP contribution in [0.1, 0.15) is 6.92 Å². The summed E-state index contributed by atoms with van der Waals surface area (Å²) in [6.07, 6.45) is 0. The quantitative estimate of drug-likeness (QED) is 0.385. The second-order valence-corrected chi connectivity index (χ2v) is 8.04. The number of aromatic nitrogens is 5. The Labute approximate surface area is 185 Å². The van der Waals surface area contributed by atoms with Crippen molar-refractivity contribution in [1.82, 2.24) is 24.9 Å². The standard InChI is InChI=1S/C20H17BrN6O2S/c1-2-27-18(19-23-17(26-29-19)13-6-4-3-5-7-13)24-25-20(27)30-12-16(28)22-15-10-8-14(21)9-11-15/h3-11H,2,12H2,1H3,(H,22,28). The minimum absolute atomic E-state index is 0.126. The van der Waals surface area contributed by atoms with Crippen molar-refractivity contribution in [3.05, 3.63) is 59.1 Å². The van der Waals surface area contributed by atoms with Crippen molar-refractivity contribution in [3.63, 3.8) is 0 Å². The fourth-order valence-corrected chi connectivity index (χ4v) is 3.78. The maximum absolute atomic E-state index is 12.3. The number of carbonyl (C=O) groups excluding carboxylic acids is 1. The zero-order valence-electron chi connectivity index (χ0n) is 15.9. The average molecular weight is 485 g/mol. The minimum Gasteiger partial charge on any atom is -0.330 e. The molecule has 0 fully saturated rings. The molecule has 0 radical (unpaired) electrons. The van der Waals surface area contributed by atoms with Crippen LogP contribution in [0.5, 0.6) is 0 Å². The van der Waals surface area contributed by atoms with Gasteiger partial charge >= 0.3 is 0 Å². The lowest BCUT2D eigenvalue weighted by Crippen LogP contribution is -2.14. The molecule has 0 atom stereocenters. The number of nitrogens with zero attached hydrogens (tertiary/aromatic N) is 5. The second-order valence-electron chi connectivity index (χ2n) is 6.18. The van der Waals surface area contributed by atoms with Gasteiger partial charge in [0.05, 0.1) is 5.75 Å². The van der Waals surface area contributed by atoms with E-state index in [1.807, 2.05) is 66.1 Å². The van der Waals surface area contributed by atoms with Gasteiger partial charge in [-0.3, -0.25) is 9.36 Å². The van der Waals surface area contributed by atoms with E-state index >= 15 is 0 Å². The number of rotatable bonds is 7. The molecule has 0 aliphatic heterocycles. The van der Waals surface area contributed by atoms with E-state index in [1.165, 1.54) is 11.8 Å². The van der Waals surface area contributed by atoms with Crippen LogP contribution in [0, 0.1) is 0 Å². The zero-order valence-corrected chi connectivity index (χ0v) is 18.4. The van der Waals surface area contributed by atoms with Gasteiger partial charge in [0.1, 0.15) is 0 Å². The van der Waals surface area contributed by atoms with Crippen molar-refractivity contribution in [2.24, 2.45) is 0 Å². The van der Waals surface area contributed by atoms with Crippen LogP contribution in [0.15, 0.2) is 68.7 Å². The molecule has 2 aromatic heterocycles. The van der Waals surface area contributed by atoms with Crippen molar-refractivity contribution in [1.29, 1.82) is 0 Å². The molecule has 0 saturated heterocycles. The van der Waals surface area contributed by atoms with Crippen molar-refractivity contribution < 1.29 is 9.32 Å². The Morgan fingerprint density at radius 3 is 2.63 bits per heavy atom. The molecule has 0 saturated carbocycles. The van der Waals surface area contributed by atoms with E-state index in [-0.39, 0.29) is 17.6 Å². The van der Waals surface area contributed by atoms with E-state index in [0.717, 1.165) is 15.7 Å². The van der Waals surface area contributed by atoms with Crippen LogP contribution >= 0.6 is 27.7 Å². The highest BCUT2D eigenvalue weighted by molar-refractivity contribution is 9.10. The first-order valence-electron chi connectivity index (χ1n) is 9.15. The molecule has 0 aliphatic carbocycles. The molecule has 8 nitrogen and oxygen atoms in total. The van der Waals surface area contributed by atoms with Gasteiger partial charge in [0.15, 0.2) is 5.16 Å². The molecule has 152 valence electrons. The number of anilines is 1. The SMILES string of the molecule is CCn1c(SCC(=O)Nc2ccc(Br)cc2)nnc1-c1nc(-c2ccccc2)no1. The number of benzene rings is 2. The number of amides is 1. The van der Waals surface area contributed by atoms with E-state index in [9.17, 15) is 4.79 Å². The topological polar surface area (TPSA) is 98.7 Å². The number of hydrogen-bond acceptors (Lipinski definition) is 7. The molecule has 30 heavy (non-hydrogen) atoms.